The molecule has 0 saturated carbocycles. The normalized spacial score (nSPS) is 23.8. The van der Waals surface area contributed by atoms with E-state index in [1.165, 1.54) is 5.56 Å². The molecule has 1 aliphatic heterocycles. The first-order valence-corrected chi connectivity index (χ1v) is 7.60. The van der Waals surface area contributed by atoms with Crippen molar-refractivity contribution in [1.29, 1.82) is 0 Å². The zero-order chi connectivity index (χ0) is 14.6. The monoisotopic (exact) mass is 274 g/mol. The van der Waals surface area contributed by atoms with Gasteiger partial charge in [-0.2, -0.15) is 0 Å². The topological polar surface area (TPSA) is 41.1 Å². The first-order valence-electron chi connectivity index (χ1n) is 7.60. The average molecular weight is 274 g/mol. The van der Waals surface area contributed by atoms with Crippen LogP contribution >= 0.6 is 0 Å². The summed E-state index contributed by atoms with van der Waals surface area (Å²) < 4.78 is 0. The van der Waals surface area contributed by atoms with Crippen LogP contribution in [0.3, 0.4) is 0 Å². The van der Waals surface area contributed by atoms with Crippen molar-refractivity contribution >= 4 is 5.91 Å². The van der Waals surface area contributed by atoms with E-state index in [4.69, 9.17) is 0 Å². The van der Waals surface area contributed by atoms with E-state index in [1.54, 1.807) is 0 Å². The van der Waals surface area contributed by atoms with E-state index >= 15 is 0 Å². The number of rotatable bonds is 5. The van der Waals surface area contributed by atoms with E-state index in [2.05, 4.69) is 43.5 Å². The van der Waals surface area contributed by atoms with Crippen LogP contribution < -0.4 is 10.6 Å². The van der Waals surface area contributed by atoms with Crippen LogP contribution in [0.2, 0.25) is 0 Å². The van der Waals surface area contributed by atoms with Gasteiger partial charge in [-0.15, -0.1) is 0 Å². The Morgan fingerprint density at radius 3 is 2.55 bits per heavy atom. The summed E-state index contributed by atoms with van der Waals surface area (Å²) in [5.41, 5.74) is 1.05. The second-order valence-electron chi connectivity index (χ2n) is 6.26. The second-order valence-corrected chi connectivity index (χ2v) is 6.26. The lowest BCUT2D eigenvalue weighted by Crippen LogP contribution is -2.46. The Kier molecular flexibility index (Phi) is 4.81. The summed E-state index contributed by atoms with van der Waals surface area (Å²) in [7, 11) is 0. The first-order chi connectivity index (χ1) is 9.56. The van der Waals surface area contributed by atoms with Gasteiger partial charge < -0.3 is 10.6 Å². The van der Waals surface area contributed by atoms with Crippen LogP contribution in [-0.2, 0) is 4.79 Å². The number of nitrogens with one attached hydrogen (secondary N) is 2. The minimum Gasteiger partial charge on any atom is -0.355 e. The van der Waals surface area contributed by atoms with E-state index in [-0.39, 0.29) is 11.3 Å². The molecule has 1 aromatic carbocycles. The third-order valence-electron chi connectivity index (χ3n) is 4.68. The summed E-state index contributed by atoms with van der Waals surface area (Å²) in [5.74, 6) is 0.920. The molecule has 1 heterocycles. The molecule has 110 valence electrons. The number of hydrogen-bond donors (Lipinski definition) is 2. The number of amides is 1. The molecule has 0 bridgehead atoms. The van der Waals surface area contributed by atoms with Crippen molar-refractivity contribution in [1.82, 2.24) is 10.6 Å². The third-order valence-corrected chi connectivity index (χ3v) is 4.68. The van der Waals surface area contributed by atoms with Gasteiger partial charge in [-0.3, -0.25) is 4.79 Å². The predicted octanol–water partition coefficient (Wildman–Crippen LogP) is 2.54. The highest BCUT2D eigenvalue weighted by molar-refractivity contribution is 5.83. The molecular weight excluding hydrogens is 248 g/mol. The van der Waals surface area contributed by atoms with Gasteiger partial charge in [0.1, 0.15) is 0 Å². The average Bonchev–Trinajstić information content (AvgIpc) is 2.96. The molecule has 2 rings (SSSR count). The Labute approximate surface area is 122 Å². The summed E-state index contributed by atoms with van der Waals surface area (Å²) >= 11 is 0. The summed E-state index contributed by atoms with van der Waals surface area (Å²) in [5, 5.41) is 6.50. The summed E-state index contributed by atoms with van der Waals surface area (Å²) in [6.07, 6.45) is 0.941. The highest BCUT2D eigenvalue weighted by Crippen LogP contribution is 2.34. The largest absolute Gasteiger partial charge is 0.355 e. The molecular formula is C17H26N2O. The molecule has 0 spiro atoms. The molecule has 0 aliphatic carbocycles. The number of benzene rings is 1. The molecule has 0 radical (unpaired) electrons. The Hall–Kier alpha value is -1.35. The quantitative estimate of drug-likeness (QED) is 0.866. The van der Waals surface area contributed by atoms with E-state index < -0.39 is 0 Å². The number of hydrogen-bond acceptors (Lipinski definition) is 2. The molecule has 2 N–H and O–H groups in total. The zero-order valence-corrected chi connectivity index (χ0v) is 12.8. The fourth-order valence-corrected chi connectivity index (χ4v) is 2.98. The second kappa shape index (κ2) is 6.40. The zero-order valence-electron chi connectivity index (χ0n) is 12.8. The standard InChI is InChI=1S/C17H26N2O/c1-13(2)17(9-10-18-12-17)16(20)19-11-14(3)15-7-5-4-6-8-15/h4-8,13-14,18H,9-12H2,1-3H3,(H,19,20). The van der Waals surface area contributed by atoms with Gasteiger partial charge in [0, 0.05) is 13.1 Å². The maximum Gasteiger partial charge on any atom is 0.227 e. The minimum atomic E-state index is -0.226. The Morgan fingerprint density at radius 1 is 1.30 bits per heavy atom. The molecule has 0 aromatic heterocycles. The third kappa shape index (κ3) is 3.04. The van der Waals surface area contributed by atoms with Crippen molar-refractivity contribution in [3.05, 3.63) is 35.9 Å². The lowest BCUT2D eigenvalue weighted by Gasteiger charge is -2.31. The van der Waals surface area contributed by atoms with Crippen LogP contribution in [0.4, 0.5) is 0 Å². The summed E-state index contributed by atoms with van der Waals surface area (Å²) in [6.45, 7) is 8.90. The fraction of sp³-hybridized carbons (Fsp3) is 0.588. The molecule has 20 heavy (non-hydrogen) atoms. The maximum absolute atomic E-state index is 12.6. The van der Waals surface area contributed by atoms with Gasteiger partial charge in [0.15, 0.2) is 0 Å². The van der Waals surface area contributed by atoms with E-state index in [9.17, 15) is 4.79 Å². The van der Waals surface area contributed by atoms with Gasteiger partial charge in [-0.05, 0) is 30.4 Å². The van der Waals surface area contributed by atoms with Gasteiger partial charge in [-0.25, -0.2) is 0 Å². The van der Waals surface area contributed by atoms with Gasteiger partial charge >= 0.3 is 0 Å². The lowest BCUT2D eigenvalue weighted by molar-refractivity contribution is -0.132. The van der Waals surface area contributed by atoms with Gasteiger partial charge in [0.2, 0.25) is 5.91 Å². The van der Waals surface area contributed by atoms with Crippen molar-refractivity contribution in [2.75, 3.05) is 19.6 Å². The van der Waals surface area contributed by atoms with E-state index in [0.29, 0.717) is 18.4 Å². The van der Waals surface area contributed by atoms with E-state index in [0.717, 1.165) is 19.5 Å². The maximum atomic E-state index is 12.6. The molecule has 1 amide bonds. The van der Waals surface area contributed by atoms with Crippen molar-refractivity contribution in [3.8, 4) is 0 Å². The molecule has 1 saturated heterocycles. The first kappa shape index (κ1) is 15.0. The molecule has 2 unspecified atom stereocenters. The van der Waals surface area contributed by atoms with Gasteiger partial charge in [-0.1, -0.05) is 51.1 Å². The molecule has 3 heteroatoms. The Balaban J connectivity index is 1.95. The molecule has 1 fully saturated rings. The van der Waals surface area contributed by atoms with Crippen LogP contribution in [-0.4, -0.2) is 25.5 Å². The van der Waals surface area contributed by atoms with Gasteiger partial charge in [0.25, 0.3) is 0 Å². The lowest BCUT2D eigenvalue weighted by atomic mass is 9.75. The van der Waals surface area contributed by atoms with Gasteiger partial charge in [0.05, 0.1) is 5.41 Å². The van der Waals surface area contributed by atoms with Crippen LogP contribution in [0.1, 0.15) is 38.7 Å². The molecule has 1 aliphatic rings. The summed E-state index contributed by atoms with van der Waals surface area (Å²) in [6, 6.07) is 10.3. The smallest absolute Gasteiger partial charge is 0.227 e. The fourth-order valence-electron chi connectivity index (χ4n) is 2.98. The van der Waals surface area contributed by atoms with E-state index in [1.807, 2.05) is 18.2 Å². The number of carbonyl (C=O) groups is 1. The SMILES string of the molecule is CC(CNC(=O)C1(C(C)C)CCNC1)c1ccccc1. The van der Waals surface area contributed by atoms with Crippen molar-refractivity contribution in [2.24, 2.45) is 11.3 Å². The molecule has 3 nitrogen and oxygen atoms in total. The Bertz CT molecular complexity index is 436. The Morgan fingerprint density at radius 2 is 2.00 bits per heavy atom. The van der Waals surface area contributed by atoms with Crippen molar-refractivity contribution in [3.63, 3.8) is 0 Å². The summed E-state index contributed by atoms with van der Waals surface area (Å²) in [4.78, 5) is 12.6. The molecule has 2 atom stereocenters. The highest BCUT2D eigenvalue weighted by atomic mass is 16.2. The van der Waals surface area contributed by atoms with Crippen LogP contribution in [0, 0.1) is 11.3 Å². The highest BCUT2D eigenvalue weighted by Gasteiger charge is 2.43. The van der Waals surface area contributed by atoms with Crippen molar-refractivity contribution < 1.29 is 4.79 Å². The van der Waals surface area contributed by atoms with Crippen LogP contribution in [0.15, 0.2) is 30.3 Å². The van der Waals surface area contributed by atoms with Crippen LogP contribution in [0.5, 0.6) is 0 Å². The van der Waals surface area contributed by atoms with Crippen LogP contribution in [0.25, 0.3) is 0 Å². The number of carbonyl (C=O) groups excluding carboxylic acids is 1. The van der Waals surface area contributed by atoms with Crippen molar-refractivity contribution in [2.45, 2.75) is 33.1 Å². The minimum absolute atomic E-state index is 0.209. The molecule has 1 aromatic rings. The predicted molar refractivity (Wildman–Crippen MR) is 82.6 cm³/mol.